The van der Waals surface area contributed by atoms with E-state index >= 15 is 0 Å². The summed E-state index contributed by atoms with van der Waals surface area (Å²) in [4.78, 5) is 10.3. The highest BCUT2D eigenvalue weighted by Crippen LogP contribution is 2.29. The van der Waals surface area contributed by atoms with Gasteiger partial charge in [-0.1, -0.05) is 0 Å². The minimum absolute atomic E-state index is 0.0350. The number of benzene rings is 1. The monoisotopic (exact) mass is 267 g/mol. The number of nitro groups is 1. The Morgan fingerprint density at radius 2 is 2.47 bits per heavy atom. The van der Waals surface area contributed by atoms with Gasteiger partial charge in [0.05, 0.1) is 25.2 Å². The molecule has 2 N–H and O–H groups in total. The first-order valence-corrected chi connectivity index (χ1v) is 6.08. The zero-order chi connectivity index (χ0) is 13.7. The van der Waals surface area contributed by atoms with Crippen LogP contribution in [0.1, 0.15) is 0 Å². The van der Waals surface area contributed by atoms with Gasteiger partial charge in [-0.15, -0.1) is 0 Å². The molecule has 1 heterocycles. The van der Waals surface area contributed by atoms with Crippen molar-refractivity contribution in [3.05, 3.63) is 28.3 Å². The number of nitrogens with zero attached hydrogens (tertiary/aromatic N) is 1. The van der Waals surface area contributed by atoms with E-state index in [-0.39, 0.29) is 17.5 Å². The summed E-state index contributed by atoms with van der Waals surface area (Å²) in [7, 11) is 1.42. The second-order valence-corrected chi connectivity index (χ2v) is 4.25. The second-order valence-electron chi connectivity index (χ2n) is 4.25. The normalized spacial score (nSPS) is 18.9. The number of hydrogen-bond donors (Lipinski definition) is 2. The fourth-order valence-corrected chi connectivity index (χ4v) is 1.93. The van der Waals surface area contributed by atoms with E-state index in [9.17, 15) is 10.1 Å². The van der Waals surface area contributed by atoms with E-state index in [1.165, 1.54) is 13.2 Å². The molecule has 1 atom stereocenters. The van der Waals surface area contributed by atoms with Crippen molar-refractivity contribution in [2.75, 3.05) is 38.7 Å². The van der Waals surface area contributed by atoms with E-state index < -0.39 is 4.92 Å². The summed E-state index contributed by atoms with van der Waals surface area (Å²) in [6.07, 6.45) is 0. The van der Waals surface area contributed by atoms with Gasteiger partial charge in [-0.05, 0) is 6.07 Å². The smallest absolute Gasteiger partial charge is 0.311 e. The SMILES string of the molecule is COc1cc(NCC2COCCN2)ccc1[N+](=O)[O-]. The summed E-state index contributed by atoms with van der Waals surface area (Å²) >= 11 is 0. The average Bonchev–Trinajstić information content (AvgIpc) is 2.45. The molecule has 1 aliphatic heterocycles. The van der Waals surface area contributed by atoms with Gasteiger partial charge in [0.1, 0.15) is 0 Å². The summed E-state index contributed by atoms with van der Waals surface area (Å²) in [5.41, 5.74) is 0.752. The van der Waals surface area contributed by atoms with Crippen LogP contribution in [0.25, 0.3) is 0 Å². The molecule has 104 valence electrons. The molecule has 0 spiro atoms. The standard InChI is InChI=1S/C12H17N3O4/c1-18-12-6-9(2-3-11(12)15(16)17)14-7-10-8-19-5-4-13-10/h2-3,6,10,13-14H,4-5,7-8H2,1H3. The van der Waals surface area contributed by atoms with Crippen LogP contribution in [0.5, 0.6) is 5.75 Å². The molecule has 0 aromatic heterocycles. The van der Waals surface area contributed by atoms with E-state index in [1.54, 1.807) is 12.1 Å². The number of methoxy groups -OCH3 is 1. The number of ether oxygens (including phenoxy) is 2. The molecule has 0 bridgehead atoms. The van der Waals surface area contributed by atoms with Crippen molar-refractivity contribution in [3.63, 3.8) is 0 Å². The van der Waals surface area contributed by atoms with Gasteiger partial charge >= 0.3 is 5.69 Å². The topological polar surface area (TPSA) is 85.7 Å². The van der Waals surface area contributed by atoms with Gasteiger partial charge < -0.3 is 20.1 Å². The molecule has 0 amide bonds. The maximum atomic E-state index is 10.8. The van der Waals surface area contributed by atoms with Crippen LogP contribution in [-0.4, -0.2) is 44.4 Å². The second kappa shape index (κ2) is 6.35. The highest BCUT2D eigenvalue weighted by Gasteiger charge is 2.16. The third kappa shape index (κ3) is 3.55. The molecule has 1 fully saturated rings. The van der Waals surface area contributed by atoms with Crippen molar-refractivity contribution in [3.8, 4) is 5.75 Å². The van der Waals surface area contributed by atoms with Crippen LogP contribution in [-0.2, 0) is 4.74 Å². The first kappa shape index (κ1) is 13.6. The fourth-order valence-electron chi connectivity index (χ4n) is 1.93. The van der Waals surface area contributed by atoms with Crippen LogP contribution in [0, 0.1) is 10.1 Å². The highest BCUT2D eigenvalue weighted by molar-refractivity contribution is 5.58. The number of rotatable bonds is 5. The first-order valence-electron chi connectivity index (χ1n) is 6.08. The van der Waals surface area contributed by atoms with Gasteiger partial charge in [0.15, 0.2) is 5.75 Å². The van der Waals surface area contributed by atoms with Crippen molar-refractivity contribution in [1.82, 2.24) is 5.32 Å². The molecular formula is C12H17N3O4. The van der Waals surface area contributed by atoms with Crippen molar-refractivity contribution < 1.29 is 14.4 Å². The third-order valence-electron chi connectivity index (χ3n) is 2.93. The Balaban J connectivity index is 1.98. The average molecular weight is 267 g/mol. The summed E-state index contributed by atoms with van der Waals surface area (Å²) in [5, 5.41) is 17.3. The summed E-state index contributed by atoms with van der Waals surface area (Å²) < 4.78 is 10.4. The van der Waals surface area contributed by atoms with Crippen molar-refractivity contribution in [2.24, 2.45) is 0 Å². The van der Waals surface area contributed by atoms with Crippen molar-refractivity contribution >= 4 is 11.4 Å². The highest BCUT2D eigenvalue weighted by atomic mass is 16.6. The number of morpholine rings is 1. The molecular weight excluding hydrogens is 250 g/mol. The van der Waals surface area contributed by atoms with Gasteiger partial charge in [0, 0.05) is 37.0 Å². The molecule has 19 heavy (non-hydrogen) atoms. The van der Waals surface area contributed by atoms with Gasteiger partial charge in [0.2, 0.25) is 0 Å². The molecule has 0 aliphatic carbocycles. The van der Waals surface area contributed by atoms with E-state index in [2.05, 4.69) is 10.6 Å². The lowest BCUT2D eigenvalue weighted by atomic mass is 10.2. The fraction of sp³-hybridized carbons (Fsp3) is 0.500. The quantitative estimate of drug-likeness (QED) is 0.611. The zero-order valence-corrected chi connectivity index (χ0v) is 10.7. The van der Waals surface area contributed by atoms with Crippen LogP contribution in [0.3, 0.4) is 0 Å². The summed E-state index contributed by atoms with van der Waals surface area (Å²) in [6, 6.07) is 4.98. The molecule has 7 nitrogen and oxygen atoms in total. The van der Waals surface area contributed by atoms with Crippen LogP contribution in [0.4, 0.5) is 11.4 Å². The minimum Gasteiger partial charge on any atom is -0.490 e. The predicted molar refractivity (Wildman–Crippen MR) is 70.7 cm³/mol. The Kier molecular flexibility index (Phi) is 4.53. The Hall–Kier alpha value is -1.86. The third-order valence-corrected chi connectivity index (χ3v) is 2.93. The molecule has 1 unspecified atom stereocenters. The van der Waals surface area contributed by atoms with Gasteiger partial charge in [-0.25, -0.2) is 0 Å². The van der Waals surface area contributed by atoms with Gasteiger partial charge in [-0.3, -0.25) is 10.1 Å². The van der Waals surface area contributed by atoms with E-state index in [0.29, 0.717) is 13.2 Å². The van der Waals surface area contributed by atoms with Gasteiger partial charge in [-0.2, -0.15) is 0 Å². The number of nitrogens with one attached hydrogen (secondary N) is 2. The van der Waals surface area contributed by atoms with Crippen LogP contribution < -0.4 is 15.4 Å². The van der Waals surface area contributed by atoms with E-state index in [4.69, 9.17) is 9.47 Å². The molecule has 1 saturated heterocycles. The Labute approximate surface area is 111 Å². The lowest BCUT2D eigenvalue weighted by Gasteiger charge is -2.24. The lowest BCUT2D eigenvalue weighted by molar-refractivity contribution is -0.385. The Morgan fingerprint density at radius 3 is 3.11 bits per heavy atom. The van der Waals surface area contributed by atoms with E-state index in [1.807, 2.05) is 0 Å². The number of hydrogen-bond acceptors (Lipinski definition) is 6. The largest absolute Gasteiger partial charge is 0.490 e. The molecule has 0 saturated carbocycles. The summed E-state index contributed by atoms with van der Waals surface area (Å²) in [5.74, 6) is 0.253. The van der Waals surface area contributed by atoms with Crippen molar-refractivity contribution in [2.45, 2.75) is 6.04 Å². The zero-order valence-electron chi connectivity index (χ0n) is 10.7. The van der Waals surface area contributed by atoms with Gasteiger partial charge in [0.25, 0.3) is 0 Å². The summed E-state index contributed by atoms with van der Waals surface area (Å²) in [6.45, 7) is 2.94. The molecule has 1 aliphatic rings. The van der Waals surface area contributed by atoms with Crippen molar-refractivity contribution in [1.29, 1.82) is 0 Å². The van der Waals surface area contributed by atoms with E-state index in [0.717, 1.165) is 18.8 Å². The lowest BCUT2D eigenvalue weighted by Crippen LogP contribution is -2.45. The molecule has 1 aromatic rings. The maximum absolute atomic E-state index is 10.8. The Bertz CT molecular complexity index is 447. The molecule has 1 aromatic carbocycles. The molecule has 0 radical (unpaired) electrons. The molecule has 7 heteroatoms. The number of anilines is 1. The molecule has 2 rings (SSSR count). The number of nitro benzene ring substituents is 1. The Morgan fingerprint density at radius 1 is 1.63 bits per heavy atom. The van der Waals surface area contributed by atoms with Crippen LogP contribution in [0.15, 0.2) is 18.2 Å². The van der Waals surface area contributed by atoms with Crippen LogP contribution >= 0.6 is 0 Å². The first-order chi connectivity index (χ1) is 9.20. The predicted octanol–water partition coefficient (Wildman–Crippen LogP) is 1.00. The maximum Gasteiger partial charge on any atom is 0.311 e. The minimum atomic E-state index is -0.459. The van der Waals surface area contributed by atoms with Crippen LogP contribution in [0.2, 0.25) is 0 Å².